The molecule has 1 fully saturated rings. The molecule has 0 aromatic heterocycles. The quantitative estimate of drug-likeness (QED) is 0.390. The van der Waals surface area contributed by atoms with E-state index in [1.54, 1.807) is 19.2 Å². The molecular weight excluding hydrogens is 510 g/mol. The lowest BCUT2D eigenvalue weighted by Gasteiger charge is -2.36. The van der Waals surface area contributed by atoms with Crippen LogP contribution in [-0.2, 0) is 21.4 Å². The molecule has 36 heavy (non-hydrogen) atoms. The Hall–Kier alpha value is -2.56. The van der Waals surface area contributed by atoms with Crippen molar-refractivity contribution >= 4 is 21.6 Å². The Kier molecular flexibility index (Phi) is 8.58. The van der Waals surface area contributed by atoms with Crippen LogP contribution in [0.2, 0.25) is 5.02 Å². The maximum Gasteiger partial charge on any atom is 0.249 e. The number of sulfonamides is 1. The highest BCUT2D eigenvalue weighted by atomic mass is 35.5. The van der Waals surface area contributed by atoms with Crippen LogP contribution in [0.3, 0.4) is 0 Å². The molecule has 3 aromatic rings. The summed E-state index contributed by atoms with van der Waals surface area (Å²) in [4.78, 5) is 1.17. The minimum absolute atomic E-state index is 0.110. The Bertz CT molecular complexity index is 1260. The number of methoxy groups -OCH3 is 1. The molecule has 0 spiro atoms. The van der Waals surface area contributed by atoms with Crippen molar-refractivity contribution in [2.45, 2.75) is 17.6 Å². The summed E-state index contributed by atoms with van der Waals surface area (Å²) in [6.45, 7) is 1.86. The van der Waals surface area contributed by atoms with Gasteiger partial charge in [0.2, 0.25) is 10.0 Å². The number of benzene rings is 3. The highest BCUT2D eigenvalue weighted by Crippen LogP contribution is 2.26. The third-order valence-corrected chi connectivity index (χ3v) is 8.30. The molecular formula is C26H27ClF2N2O4S. The molecule has 1 atom stereocenters. The Morgan fingerprint density at radius 3 is 2.22 bits per heavy atom. The van der Waals surface area contributed by atoms with Crippen LogP contribution in [0.1, 0.15) is 17.2 Å². The highest BCUT2D eigenvalue weighted by Gasteiger charge is 2.33. The van der Waals surface area contributed by atoms with Crippen LogP contribution in [0.15, 0.2) is 71.6 Å². The minimum Gasteiger partial charge on any atom is -0.497 e. The molecule has 1 heterocycles. The first-order chi connectivity index (χ1) is 17.3. The molecule has 0 aliphatic carbocycles. The van der Waals surface area contributed by atoms with E-state index in [9.17, 15) is 17.2 Å². The molecule has 0 amide bonds. The number of halogens is 3. The first kappa shape index (κ1) is 26.5. The molecule has 4 rings (SSSR count). The second-order valence-electron chi connectivity index (χ2n) is 8.46. The fourth-order valence-corrected chi connectivity index (χ4v) is 5.79. The van der Waals surface area contributed by atoms with Crippen LogP contribution >= 0.6 is 11.6 Å². The first-order valence-corrected chi connectivity index (χ1v) is 13.3. The van der Waals surface area contributed by atoms with E-state index in [4.69, 9.17) is 21.1 Å². The second-order valence-corrected chi connectivity index (χ2v) is 10.8. The standard InChI is InChI=1S/C26H27ClF2N2O4S/c1-34-22-5-2-4-19(16-22)18-35-25(20-8-10-21(27)11-9-20)17-30-12-14-31(15-13-30)36(32,33)26-23(28)6-3-7-24(26)29/h2-11,16,25H,12-15,17-18H2,1H3/t25-/m0/s1. The summed E-state index contributed by atoms with van der Waals surface area (Å²) in [6, 6.07) is 18.1. The van der Waals surface area contributed by atoms with Crippen LogP contribution in [0.4, 0.5) is 8.78 Å². The van der Waals surface area contributed by atoms with Gasteiger partial charge in [0.25, 0.3) is 0 Å². The SMILES string of the molecule is COc1cccc(CO[C@@H](CN2CCN(S(=O)(=O)c3c(F)cccc3F)CC2)c2ccc(Cl)cc2)c1. The average Bonchev–Trinajstić information content (AvgIpc) is 2.87. The minimum atomic E-state index is -4.29. The van der Waals surface area contributed by atoms with Crippen molar-refractivity contribution in [2.24, 2.45) is 0 Å². The van der Waals surface area contributed by atoms with Crippen molar-refractivity contribution in [2.75, 3.05) is 39.8 Å². The maximum atomic E-state index is 14.1. The van der Waals surface area contributed by atoms with Crippen LogP contribution in [0.5, 0.6) is 5.75 Å². The van der Waals surface area contributed by atoms with Gasteiger partial charge in [-0.05, 0) is 47.5 Å². The lowest BCUT2D eigenvalue weighted by molar-refractivity contribution is 0.00766. The van der Waals surface area contributed by atoms with Gasteiger partial charge < -0.3 is 9.47 Å². The number of ether oxygens (including phenoxy) is 2. The average molecular weight is 537 g/mol. The first-order valence-electron chi connectivity index (χ1n) is 11.4. The molecule has 192 valence electrons. The van der Waals surface area contributed by atoms with Gasteiger partial charge in [-0.3, -0.25) is 4.90 Å². The van der Waals surface area contributed by atoms with E-state index >= 15 is 0 Å². The van der Waals surface area contributed by atoms with Gasteiger partial charge in [-0.15, -0.1) is 0 Å². The van der Waals surface area contributed by atoms with E-state index in [0.29, 0.717) is 31.3 Å². The molecule has 3 aromatic carbocycles. The molecule has 0 saturated carbocycles. The van der Waals surface area contributed by atoms with Gasteiger partial charge in [0.05, 0.1) is 19.8 Å². The third kappa shape index (κ3) is 6.22. The molecule has 1 saturated heterocycles. The molecule has 1 aliphatic rings. The van der Waals surface area contributed by atoms with E-state index < -0.39 is 26.6 Å². The molecule has 10 heteroatoms. The van der Waals surface area contributed by atoms with Crippen molar-refractivity contribution in [3.63, 3.8) is 0 Å². The predicted octanol–water partition coefficient (Wildman–Crippen LogP) is 4.89. The van der Waals surface area contributed by atoms with Crippen LogP contribution in [-0.4, -0.2) is 57.5 Å². The number of hydrogen-bond acceptors (Lipinski definition) is 5. The molecule has 1 aliphatic heterocycles. The van der Waals surface area contributed by atoms with Gasteiger partial charge in [-0.25, -0.2) is 17.2 Å². The van der Waals surface area contributed by atoms with Crippen molar-refractivity contribution in [3.8, 4) is 5.75 Å². The van der Waals surface area contributed by atoms with Crippen LogP contribution in [0.25, 0.3) is 0 Å². The summed E-state index contributed by atoms with van der Waals surface area (Å²) in [7, 11) is -2.68. The van der Waals surface area contributed by atoms with E-state index in [-0.39, 0.29) is 19.2 Å². The Morgan fingerprint density at radius 1 is 0.944 bits per heavy atom. The fraction of sp³-hybridized carbons (Fsp3) is 0.308. The fourth-order valence-electron chi connectivity index (χ4n) is 4.14. The predicted molar refractivity (Wildman–Crippen MR) is 134 cm³/mol. The summed E-state index contributed by atoms with van der Waals surface area (Å²) in [5.41, 5.74) is 1.89. The van der Waals surface area contributed by atoms with E-state index in [1.165, 1.54) is 0 Å². The summed E-state index contributed by atoms with van der Waals surface area (Å²) in [5, 5.41) is 0.615. The molecule has 0 unspecified atom stereocenters. The van der Waals surface area contributed by atoms with Gasteiger partial charge >= 0.3 is 0 Å². The van der Waals surface area contributed by atoms with Crippen molar-refractivity contribution in [1.29, 1.82) is 0 Å². The van der Waals surface area contributed by atoms with Gasteiger partial charge in [-0.1, -0.05) is 41.9 Å². The third-order valence-electron chi connectivity index (χ3n) is 6.10. The molecule has 6 nitrogen and oxygen atoms in total. The Labute approximate surface area is 215 Å². The second kappa shape index (κ2) is 11.7. The maximum absolute atomic E-state index is 14.1. The zero-order valence-corrected chi connectivity index (χ0v) is 21.3. The van der Waals surface area contributed by atoms with E-state index in [1.807, 2.05) is 36.4 Å². The molecule has 0 radical (unpaired) electrons. The van der Waals surface area contributed by atoms with Gasteiger partial charge in [0, 0.05) is 37.7 Å². The van der Waals surface area contributed by atoms with Gasteiger partial charge in [0.15, 0.2) is 4.90 Å². The van der Waals surface area contributed by atoms with E-state index in [2.05, 4.69) is 4.90 Å². The number of piperazine rings is 1. The lowest BCUT2D eigenvalue weighted by atomic mass is 10.1. The van der Waals surface area contributed by atoms with Crippen molar-refractivity contribution in [1.82, 2.24) is 9.21 Å². The summed E-state index contributed by atoms with van der Waals surface area (Å²) in [5.74, 6) is -1.44. The Balaban J connectivity index is 1.44. The van der Waals surface area contributed by atoms with Crippen LogP contribution < -0.4 is 4.74 Å². The zero-order chi connectivity index (χ0) is 25.7. The Morgan fingerprint density at radius 2 is 1.58 bits per heavy atom. The molecule has 0 bridgehead atoms. The topological polar surface area (TPSA) is 59.1 Å². The largest absolute Gasteiger partial charge is 0.497 e. The number of hydrogen-bond donors (Lipinski definition) is 0. The highest BCUT2D eigenvalue weighted by molar-refractivity contribution is 7.89. The molecule has 0 N–H and O–H groups in total. The van der Waals surface area contributed by atoms with Crippen LogP contribution in [0, 0.1) is 11.6 Å². The number of rotatable bonds is 9. The summed E-state index contributed by atoms with van der Waals surface area (Å²) < 4.78 is 66.8. The van der Waals surface area contributed by atoms with Crippen molar-refractivity contribution < 1.29 is 26.7 Å². The summed E-state index contributed by atoms with van der Waals surface area (Å²) >= 11 is 6.07. The smallest absolute Gasteiger partial charge is 0.249 e. The van der Waals surface area contributed by atoms with Crippen molar-refractivity contribution in [3.05, 3.63) is 94.5 Å². The van der Waals surface area contributed by atoms with Gasteiger partial charge in [0.1, 0.15) is 17.4 Å². The summed E-state index contributed by atoms with van der Waals surface area (Å²) in [6.07, 6.45) is -0.305. The lowest BCUT2D eigenvalue weighted by Crippen LogP contribution is -2.49. The normalized spacial score (nSPS) is 16.1. The monoisotopic (exact) mass is 536 g/mol. The number of nitrogens with zero attached hydrogens (tertiary/aromatic N) is 2. The van der Waals surface area contributed by atoms with Gasteiger partial charge in [-0.2, -0.15) is 4.31 Å². The van der Waals surface area contributed by atoms with E-state index in [0.717, 1.165) is 39.4 Å². The zero-order valence-electron chi connectivity index (χ0n) is 19.7.